The molecule has 0 aliphatic heterocycles. The smallest absolute Gasteiger partial charge is 0.822 e. The van der Waals surface area contributed by atoms with E-state index in [1.54, 1.807) is 0 Å². The van der Waals surface area contributed by atoms with Crippen molar-refractivity contribution in [1.82, 2.24) is 0 Å². The number of rotatable bonds is 0. The van der Waals surface area contributed by atoms with Crippen LogP contribution in [0.5, 0.6) is 0 Å². The second kappa shape index (κ2) is 28.5. The molecule has 0 amide bonds. The van der Waals surface area contributed by atoms with Crippen molar-refractivity contribution in [2.45, 2.75) is 0 Å². The Morgan fingerprint density at radius 2 is 0.308 bits per heavy atom. The molecular weight excluding hydrogens is 747 g/mol. The molecule has 0 saturated carbocycles. The minimum atomic E-state index is -5.39. The molecule has 0 unspecified atom stereocenters. The topological polar surface area (TPSA) is 345 Å². The summed E-state index contributed by atoms with van der Waals surface area (Å²) in [7, 11) is -21.6. The van der Waals surface area contributed by atoms with E-state index in [-0.39, 0.29) is 102 Å². The minimum absolute atomic E-state index is 0. The van der Waals surface area contributed by atoms with Crippen LogP contribution < -0.4 is 58.7 Å². The van der Waals surface area contributed by atoms with Crippen molar-refractivity contribution in [3.05, 3.63) is 0 Å². The fourth-order valence-corrected chi connectivity index (χ4v) is 0. The molecule has 6 radical (unpaired) electrons. The molecule has 0 aromatic rings. The second-order valence-electron chi connectivity index (χ2n) is 1.79. The first-order chi connectivity index (χ1) is 8.00. The van der Waals surface area contributed by atoms with Crippen molar-refractivity contribution in [2.75, 3.05) is 0 Å². The van der Waals surface area contributed by atoms with E-state index in [1.807, 2.05) is 0 Å². The summed E-state index contributed by atoms with van der Waals surface area (Å²) in [5.41, 5.74) is 0. The largest absolute Gasteiger partial charge is 2.00 e. The van der Waals surface area contributed by atoms with Gasteiger partial charge in [-0.2, -0.15) is 31.3 Å². The van der Waals surface area contributed by atoms with Crippen molar-refractivity contribution in [3.63, 3.8) is 0 Å². The van der Waals surface area contributed by atoms with Gasteiger partial charge in [0.15, 0.2) is 0 Å². The van der Waals surface area contributed by atoms with Gasteiger partial charge in [-0.05, 0) is 0 Å². The summed E-state index contributed by atoms with van der Waals surface area (Å²) in [6.07, 6.45) is 0. The SMILES string of the molecule is O=P([O-])([O-])[O-].O=P([O-])([O-])[O-].O=P([O-])([O-])[O-].O=P([O-])([O-])[O-].[Co+2].[Co+2].[Co+2].[Cu+2].[Cu+2].[Cu+2]. The third-order valence-corrected chi connectivity index (χ3v) is 0. The summed E-state index contributed by atoms with van der Waals surface area (Å²) in [6.45, 7) is 0. The standard InChI is InChI=1S/3Co.3Cu.4H3O4P/c;;;;;;4*1-5(2,3)4/h;;;;;;4*(H3,1,2,3,4)/q6*+2;;;;/p-12. The van der Waals surface area contributed by atoms with E-state index >= 15 is 0 Å². The van der Waals surface area contributed by atoms with Crippen LogP contribution in [0.3, 0.4) is 0 Å². The van der Waals surface area contributed by atoms with Gasteiger partial charge < -0.3 is 77.0 Å². The fraction of sp³-hybridized carbons (Fsp3) is 0. The maximum absolute atomic E-state index is 8.55. The van der Waals surface area contributed by atoms with Gasteiger partial charge in [0.05, 0.1) is 0 Å². The van der Waals surface area contributed by atoms with Gasteiger partial charge in [0, 0.05) is 0 Å². The zero-order valence-electron chi connectivity index (χ0n) is 10.2. The summed E-state index contributed by atoms with van der Waals surface area (Å²) >= 11 is 0. The quantitative estimate of drug-likeness (QED) is 0.164. The van der Waals surface area contributed by atoms with E-state index in [2.05, 4.69) is 0 Å². The third kappa shape index (κ3) is 1560. The van der Waals surface area contributed by atoms with Crippen molar-refractivity contribution >= 4 is 31.3 Å². The molecule has 0 aromatic carbocycles. The van der Waals surface area contributed by atoms with Gasteiger partial charge in [0.25, 0.3) is 0 Å². The van der Waals surface area contributed by atoms with Gasteiger partial charge in [0.1, 0.15) is 0 Å². The van der Waals surface area contributed by atoms with Gasteiger partial charge in [-0.25, -0.2) is 0 Å². The summed E-state index contributed by atoms with van der Waals surface area (Å²) in [5, 5.41) is 0. The molecule has 0 fully saturated rings. The molecule has 0 bridgehead atoms. The summed E-state index contributed by atoms with van der Waals surface area (Å²) in [5.74, 6) is 0. The van der Waals surface area contributed by atoms with E-state index in [1.165, 1.54) is 0 Å². The van der Waals surface area contributed by atoms with Crippen LogP contribution in [-0.4, -0.2) is 0 Å². The van der Waals surface area contributed by atoms with Gasteiger partial charge in [-0.15, -0.1) is 0 Å². The Morgan fingerprint density at radius 3 is 0.308 bits per heavy atom. The first-order valence-electron chi connectivity index (χ1n) is 2.92. The summed E-state index contributed by atoms with van der Waals surface area (Å²) < 4.78 is 34.2. The summed E-state index contributed by atoms with van der Waals surface area (Å²) in [4.78, 5) is 103. The van der Waals surface area contributed by atoms with Crippen LogP contribution in [0, 0.1) is 0 Å². The van der Waals surface area contributed by atoms with Crippen LogP contribution in [0.25, 0.3) is 0 Å². The van der Waals surface area contributed by atoms with E-state index in [0.717, 1.165) is 0 Å². The van der Waals surface area contributed by atoms with E-state index in [4.69, 9.17) is 77.0 Å². The van der Waals surface area contributed by atoms with E-state index < -0.39 is 31.3 Å². The minimum Gasteiger partial charge on any atom is -0.822 e. The van der Waals surface area contributed by atoms with Crippen molar-refractivity contribution in [3.8, 4) is 0 Å². The number of hydrogen-bond donors (Lipinski definition) is 0. The molecule has 0 saturated heterocycles. The maximum Gasteiger partial charge on any atom is 2.00 e. The van der Waals surface area contributed by atoms with Crippen LogP contribution in [0.15, 0.2) is 0 Å². The third-order valence-electron chi connectivity index (χ3n) is 0. The molecule has 176 valence electrons. The summed E-state index contributed by atoms with van der Waals surface area (Å²) in [6, 6.07) is 0. The van der Waals surface area contributed by atoms with E-state index in [0.29, 0.717) is 0 Å². The Labute approximate surface area is 208 Å². The zero-order valence-corrected chi connectivity index (χ0v) is 19.8. The molecule has 16 nitrogen and oxygen atoms in total. The number of phosphoric acid groups is 4. The molecule has 0 aliphatic carbocycles. The first kappa shape index (κ1) is 63.0. The van der Waals surface area contributed by atoms with Gasteiger partial charge in [0.2, 0.25) is 0 Å². The normalized spacial score (nSPS) is 9.08. The van der Waals surface area contributed by atoms with Crippen LogP contribution >= 0.6 is 31.3 Å². The Hall–Kier alpha value is 3.52. The Morgan fingerprint density at radius 1 is 0.308 bits per heavy atom. The monoisotopic (exact) mass is 745 g/mol. The average molecular weight is 747 g/mol. The molecule has 0 spiro atoms. The molecule has 26 heavy (non-hydrogen) atoms. The average Bonchev–Trinajstić information content (AvgIpc) is 1.62. The zero-order chi connectivity index (χ0) is 18.0. The molecule has 0 aliphatic rings. The molecule has 26 heteroatoms. The van der Waals surface area contributed by atoms with Crippen LogP contribution in [0.4, 0.5) is 0 Å². The molecule has 0 atom stereocenters. The molecule has 0 heterocycles. The van der Waals surface area contributed by atoms with Gasteiger partial charge in [-0.3, -0.25) is 0 Å². The predicted octanol–water partition coefficient (Wildman–Crippen LogP) is -11.3. The molecule has 0 rings (SSSR count). The second-order valence-corrected chi connectivity index (χ2v) is 5.37. The van der Waals surface area contributed by atoms with Crippen LogP contribution in [0.1, 0.15) is 0 Å². The molecular formula is Co3Cu3O16P4. The fourth-order valence-electron chi connectivity index (χ4n) is 0. The maximum atomic E-state index is 8.55. The van der Waals surface area contributed by atoms with Crippen LogP contribution in [-0.2, 0) is 120 Å². The van der Waals surface area contributed by atoms with Crippen molar-refractivity contribution < 1.29 is 179 Å². The van der Waals surface area contributed by atoms with Gasteiger partial charge >= 0.3 is 102 Å². The Bertz CT molecular complexity index is 305. The molecule has 0 aromatic heterocycles. The Balaban J connectivity index is -0.0000000152. The van der Waals surface area contributed by atoms with Gasteiger partial charge in [-0.1, -0.05) is 0 Å². The first-order valence-corrected chi connectivity index (χ1v) is 8.76. The van der Waals surface area contributed by atoms with Crippen molar-refractivity contribution in [2.24, 2.45) is 0 Å². The Kier molecular flexibility index (Phi) is 69.1. The van der Waals surface area contributed by atoms with Crippen LogP contribution in [0.2, 0.25) is 0 Å². The predicted molar refractivity (Wildman–Crippen MR) is 30.4 cm³/mol. The van der Waals surface area contributed by atoms with Crippen molar-refractivity contribution in [1.29, 1.82) is 0 Å². The number of hydrogen-bond acceptors (Lipinski definition) is 16. The molecule has 0 N–H and O–H groups in total. The van der Waals surface area contributed by atoms with E-state index in [9.17, 15) is 0 Å².